The van der Waals surface area contributed by atoms with Crippen molar-refractivity contribution in [2.75, 3.05) is 11.9 Å². The summed E-state index contributed by atoms with van der Waals surface area (Å²) in [5.74, 6) is -0.187. The van der Waals surface area contributed by atoms with Gasteiger partial charge in [0.2, 0.25) is 0 Å². The minimum Gasteiger partial charge on any atom is -0.449 e. The van der Waals surface area contributed by atoms with Crippen LogP contribution >= 0.6 is 0 Å². The van der Waals surface area contributed by atoms with Crippen molar-refractivity contribution >= 4 is 38.6 Å². The zero-order valence-corrected chi connectivity index (χ0v) is 21.1. The molecule has 37 heavy (non-hydrogen) atoms. The van der Waals surface area contributed by atoms with Crippen molar-refractivity contribution in [1.29, 1.82) is 0 Å². The lowest BCUT2D eigenvalue weighted by Gasteiger charge is -2.11. The highest BCUT2D eigenvalue weighted by molar-refractivity contribution is 7.90. The number of anilines is 1. The van der Waals surface area contributed by atoms with E-state index < -0.39 is 22.0 Å². The first kappa shape index (κ1) is 24.6. The molecule has 1 heterocycles. The van der Waals surface area contributed by atoms with Gasteiger partial charge in [0.15, 0.2) is 0 Å². The summed E-state index contributed by atoms with van der Waals surface area (Å²) in [6.45, 7) is 2.68. The van der Waals surface area contributed by atoms with Crippen LogP contribution in [0, 0.1) is 12.8 Å². The Morgan fingerprint density at radius 1 is 1.00 bits per heavy atom. The Balaban J connectivity index is 1.28. The standard InChI is InChI=1S/C28H27N3O5S/c1-19-5-2-3-8-26(19)37(34,35)30-27(32)23-11-12-25-22(16-23)13-14-31(25)17-21-6-4-7-24(15-21)29-28(33)36-18-20-9-10-20/h2-8,11-16,20H,9-10,17-18H2,1H3,(H,29,33)(H,30,32). The summed E-state index contributed by atoms with van der Waals surface area (Å²) in [5.41, 5.74) is 3.33. The summed E-state index contributed by atoms with van der Waals surface area (Å²) in [4.78, 5) is 24.8. The number of hydrogen-bond acceptors (Lipinski definition) is 5. The summed E-state index contributed by atoms with van der Waals surface area (Å²) in [7, 11) is -3.99. The fourth-order valence-corrected chi connectivity index (χ4v) is 5.37. The van der Waals surface area contributed by atoms with Gasteiger partial charge in [-0.1, -0.05) is 30.3 Å². The summed E-state index contributed by atoms with van der Waals surface area (Å²) in [6.07, 6.45) is 3.68. The average molecular weight is 518 g/mol. The quantitative estimate of drug-likeness (QED) is 0.339. The molecule has 0 atom stereocenters. The number of carbonyl (C=O) groups is 2. The first-order valence-corrected chi connectivity index (χ1v) is 13.5. The molecule has 9 heteroatoms. The van der Waals surface area contributed by atoms with Gasteiger partial charge in [-0.05, 0) is 79.3 Å². The van der Waals surface area contributed by atoms with Gasteiger partial charge in [-0.2, -0.15) is 0 Å². The molecule has 1 fully saturated rings. The molecule has 1 aliphatic carbocycles. The lowest BCUT2D eigenvalue weighted by Crippen LogP contribution is -2.31. The number of carbonyl (C=O) groups excluding carboxylic acids is 2. The molecular formula is C28H27N3O5S. The van der Waals surface area contributed by atoms with Gasteiger partial charge in [-0.25, -0.2) is 17.9 Å². The summed E-state index contributed by atoms with van der Waals surface area (Å²) < 4.78 is 34.8. The van der Waals surface area contributed by atoms with Crippen molar-refractivity contribution in [3.8, 4) is 0 Å². The lowest BCUT2D eigenvalue weighted by molar-refractivity contribution is 0.0981. The average Bonchev–Trinajstić information content (AvgIpc) is 3.62. The number of benzene rings is 3. The zero-order valence-electron chi connectivity index (χ0n) is 20.3. The minimum absolute atomic E-state index is 0.0727. The molecule has 0 saturated heterocycles. The van der Waals surface area contributed by atoms with E-state index in [9.17, 15) is 18.0 Å². The van der Waals surface area contributed by atoms with Crippen LogP contribution in [0.5, 0.6) is 0 Å². The Bertz CT molecular complexity index is 1590. The molecule has 2 N–H and O–H groups in total. The van der Waals surface area contributed by atoms with Crippen LogP contribution in [0.15, 0.2) is 83.9 Å². The molecule has 1 aliphatic rings. The number of nitrogens with zero attached hydrogens (tertiary/aromatic N) is 1. The third kappa shape index (κ3) is 5.83. The highest BCUT2D eigenvalue weighted by atomic mass is 32.2. The minimum atomic E-state index is -3.99. The molecule has 5 rings (SSSR count). The second-order valence-corrected chi connectivity index (χ2v) is 10.9. The Morgan fingerprint density at radius 2 is 1.81 bits per heavy atom. The van der Waals surface area contributed by atoms with Crippen LogP contribution in [0.25, 0.3) is 10.9 Å². The lowest BCUT2D eigenvalue weighted by atomic mass is 10.1. The highest BCUT2D eigenvalue weighted by Gasteiger charge is 2.23. The van der Waals surface area contributed by atoms with Crippen LogP contribution in [0.4, 0.5) is 10.5 Å². The number of hydrogen-bond donors (Lipinski definition) is 2. The van der Waals surface area contributed by atoms with Gasteiger partial charge in [0.1, 0.15) is 0 Å². The largest absolute Gasteiger partial charge is 0.449 e. The molecule has 1 saturated carbocycles. The topological polar surface area (TPSA) is 107 Å². The van der Waals surface area contributed by atoms with Gasteiger partial charge >= 0.3 is 6.09 Å². The van der Waals surface area contributed by atoms with Crippen LogP contribution in [-0.4, -0.2) is 31.6 Å². The number of aromatic nitrogens is 1. The van der Waals surface area contributed by atoms with Crippen LogP contribution in [0.1, 0.15) is 34.3 Å². The number of nitrogens with one attached hydrogen (secondary N) is 2. The Hall–Kier alpha value is -4.11. The van der Waals surface area contributed by atoms with Crippen LogP contribution < -0.4 is 10.0 Å². The van der Waals surface area contributed by atoms with Crippen molar-refractivity contribution in [3.05, 3.63) is 95.7 Å². The SMILES string of the molecule is Cc1ccccc1S(=O)(=O)NC(=O)c1ccc2c(ccn2Cc2cccc(NC(=O)OCC3CC3)c2)c1. The third-order valence-electron chi connectivity index (χ3n) is 6.32. The molecule has 8 nitrogen and oxygen atoms in total. The van der Waals surface area contributed by atoms with Crippen molar-refractivity contribution < 1.29 is 22.7 Å². The van der Waals surface area contributed by atoms with E-state index in [4.69, 9.17) is 4.74 Å². The number of rotatable bonds is 8. The predicted octanol–water partition coefficient (Wildman–Crippen LogP) is 5.08. The van der Waals surface area contributed by atoms with Gasteiger partial charge in [-0.15, -0.1) is 0 Å². The van der Waals surface area contributed by atoms with E-state index >= 15 is 0 Å². The molecular weight excluding hydrogens is 490 g/mol. The van der Waals surface area contributed by atoms with Gasteiger partial charge in [0.25, 0.3) is 15.9 Å². The van der Waals surface area contributed by atoms with Gasteiger partial charge in [-0.3, -0.25) is 10.1 Å². The maximum atomic E-state index is 12.8. The third-order valence-corrected chi connectivity index (χ3v) is 7.81. The van der Waals surface area contributed by atoms with Crippen molar-refractivity contribution in [2.24, 2.45) is 5.92 Å². The molecule has 0 spiro atoms. The van der Waals surface area contributed by atoms with Crippen molar-refractivity contribution in [3.63, 3.8) is 0 Å². The number of sulfonamides is 1. The Morgan fingerprint density at radius 3 is 2.59 bits per heavy atom. The first-order chi connectivity index (χ1) is 17.8. The molecule has 0 aliphatic heterocycles. The Labute approximate surface area is 215 Å². The molecule has 1 aromatic heterocycles. The molecule has 0 unspecified atom stereocenters. The van der Waals surface area contributed by atoms with Crippen LogP contribution in [0.3, 0.4) is 0 Å². The summed E-state index contributed by atoms with van der Waals surface area (Å²) in [6, 6.07) is 21.0. The van der Waals surface area contributed by atoms with Crippen LogP contribution in [0.2, 0.25) is 0 Å². The van der Waals surface area contributed by atoms with Gasteiger partial charge < -0.3 is 9.30 Å². The second-order valence-electron chi connectivity index (χ2n) is 9.28. The monoisotopic (exact) mass is 517 g/mol. The molecule has 4 aromatic rings. The molecule has 0 radical (unpaired) electrons. The van der Waals surface area contributed by atoms with Gasteiger partial charge in [0, 0.05) is 34.9 Å². The maximum Gasteiger partial charge on any atom is 0.411 e. The molecule has 190 valence electrons. The number of aryl methyl sites for hydroxylation is 1. The van der Waals surface area contributed by atoms with Crippen LogP contribution in [-0.2, 0) is 21.3 Å². The zero-order chi connectivity index (χ0) is 26.0. The second kappa shape index (κ2) is 10.1. The van der Waals surface area contributed by atoms with Crippen molar-refractivity contribution in [2.45, 2.75) is 31.2 Å². The fraction of sp³-hybridized carbons (Fsp3) is 0.214. The van der Waals surface area contributed by atoms with Gasteiger partial charge in [0.05, 0.1) is 11.5 Å². The van der Waals surface area contributed by atoms with E-state index in [2.05, 4.69) is 10.0 Å². The summed E-state index contributed by atoms with van der Waals surface area (Å²) >= 11 is 0. The molecule has 3 aromatic carbocycles. The smallest absolute Gasteiger partial charge is 0.411 e. The van der Waals surface area contributed by atoms with E-state index in [1.807, 2.05) is 41.1 Å². The Kier molecular flexibility index (Phi) is 6.71. The predicted molar refractivity (Wildman–Crippen MR) is 141 cm³/mol. The van der Waals surface area contributed by atoms with E-state index in [0.717, 1.165) is 29.3 Å². The molecule has 2 amide bonds. The maximum absolute atomic E-state index is 12.8. The summed E-state index contributed by atoms with van der Waals surface area (Å²) in [5, 5.41) is 3.58. The first-order valence-electron chi connectivity index (χ1n) is 12.0. The van der Waals surface area contributed by atoms with E-state index in [1.165, 1.54) is 6.07 Å². The number of fused-ring (bicyclic) bond motifs is 1. The van der Waals surface area contributed by atoms with Crippen molar-refractivity contribution in [1.82, 2.24) is 9.29 Å². The fourth-order valence-electron chi connectivity index (χ4n) is 4.15. The van der Waals surface area contributed by atoms with E-state index in [0.29, 0.717) is 30.3 Å². The normalized spacial score (nSPS) is 13.3. The number of ether oxygens (including phenoxy) is 1. The highest BCUT2D eigenvalue weighted by Crippen LogP contribution is 2.29. The van der Waals surface area contributed by atoms with E-state index in [-0.39, 0.29) is 10.5 Å². The van der Waals surface area contributed by atoms with E-state index in [1.54, 1.807) is 43.3 Å². The molecule has 0 bridgehead atoms. The number of amides is 2.